The molecule has 0 saturated carbocycles. The van der Waals surface area contributed by atoms with E-state index in [0.29, 0.717) is 11.0 Å². The highest BCUT2D eigenvalue weighted by Crippen LogP contribution is 2.13. The molecule has 0 aliphatic heterocycles. The predicted octanol–water partition coefficient (Wildman–Crippen LogP) is 2.23. The van der Waals surface area contributed by atoms with Gasteiger partial charge in [-0.15, -0.1) is 0 Å². The molecule has 0 aliphatic rings. The largest absolute Gasteiger partial charge is 0.397 e. The number of nitrogens with one attached hydrogen (secondary N) is 1. The second kappa shape index (κ2) is 6.98. The van der Waals surface area contributed by atoms with Crippen molar-refractivity contribution in [1.29, 1.82) is 0 Å². The van der Waals surface area contributed by atoms with Gasteiger partial charge in [0.2, 0.25) is 5.55 Å². The minimum Gasteiger partial charge on any atom is -0.397 e. The van der Waals surface area contributed by atoms with Crippen LogP contribution in [0.2, 0.25) is 0 Å². The number of azide groups is 1. The topological polar surface area (TPSA) is 108 Å². The van der Waals surface area contributed by atoms with Crippen LogP contribution in [0.15, 0.2) is 63.1 Å². The molecule has 0 fully saturated rings. The van der Waals surface area contributed by atoms with Crippen LogP contribution in [0.5, 0.6) is 0 Å². The van der Waals surface area contributed by atoms with Crippen LogP contribution in [0.3, 0.4) is 0 Å². The fourth-order valence-corrected chi connectivity index (χ4v) is 1.97. The summed E-state index contributed by atoms with van der Waals surface area (Å²) in [5.74, 6) is 0. The lowest BCUT2D eigenvalue weighted by atomic mass is 10.2. The van der Waals surface area contributed by atoms with Gasteiger partial charge in [-0.05, 0) is 34.9 Å². The Bertz CT molecular complexity index is 1100. The van der Waals surface area contributed by atoms with Crippen molar-refractivity contribution in [2.75, 3.05) is 0 Å². The number of benzene rings is 1. The third-order valence-electron chi connectivity index (χ3n) is 3.08. The molecule has 3 aromatic rings. The molecule has 0 atom stereocenters. The number of hydrogen-bond acceptors (Lipinski definition) is 4. The van der Waals surface area contributed by atoms with Crippen LogP contribution in [-0.2, 0) is 0 Å². The number of H-pyrrole nitrogens is 1. The van der Waals surface area contributed by atoms with Gasteiger partial charge in [0.1, 0.15) is 5.35 Å². The molecule has 2 aromatic heterocycles. The molecule has 0 amide bonds. The Morgan fingerprint density at radius 3 is 2.79 bits per heavy atom. The maximum atomic E-state index is 11.8. The first-order valence-electron chi connectivity index (χ1n) is 6.97. The molecular weight excluding hydrogens is 306 g/mol. The third-order valence-corrected chi connectivity index (χ3v) is 3.08. The van der Waals surface area contributed by atoms with Crippen molar-refractivity contribution in [3.63, 3.8) is 0 Å². The molecule has 0 saturated heterocycles. The maximum Gasteiger partial charge on any atom is 0.362 e. The maximum absolute atomic E-state index is 11.8. The van der Waals surface area contributed by atoms with Crippen molar-refractivity contribution in [2.24, 2.45) is 5.11 Å². The lowest BCUT2D eigenvalue weighted by molar-refractivity contribution is 0.487. The molecule has 0 radical (unpaired) electrons. The van der Waals surface area contributed by atoms with Gasteiger partial charge >= 0.3 is 5.63 Å². The zero-order valence-electron chi connectivity index (χ0n) is 12.4. The molecule has 0 aliphatic carbocycles. The van der Waals surface area contributed by atoms with E-state index < -0.39 is 5.63 Å². The lowest BCUT2D eigenvalue weighted by Crippen LogP contribution is -2.21. The Morgan fingerprint density at radius 1 is 1.25 bits per heavy atom. The first-order valence-corrected chi connectivity index (χ1v) is 6.97. The first kappa shape index (κ1) is 15.1. The van der Waals surface area contributed by atoms with E-state index in [1.165, 1.54) is 0 Å². The normalized spacial score (nSPS) is 10.8. The van der Waals surface area contributed by atoms with Crippen molar-refractivity contribution in [3.05, 3.63) is 91.7 Å². The molecule has 24 heavy (non-hydrogen) atoms. The average Bonchev–Trinajstić information content (AvgIpc) is 2.95. The van der Waals surface area contributed by atoms with Crippen molar-refractivity contribution in [3.8, 4) is 0 Å². The summed E-state index contributed by atoms with van der Waals surface area (Å²) in [5, 5.41) is 3.81. The van der Waals surface area contributed by atoms with Gasteiger partial charge in [0.15, 0.2) is 0 Å². The summed E-state index contributed by atoms with van der Waals surface area (Å²) in [7, 11) is 0. The highest BCUT2D eigenvalue weighted by atomic mass is 16.4. The van der Waals surface area contributed by atoms with Gasteiger partial charge in [-0.25, -0.2) is 4.79 Å². The minimum absolute atomic E-state index is 0.217. The van der Waals surface area contributed by atoms with Gasteiger partial charge < -0.3 is 9.40 Å². The average molecular weight is 317 g/mol. The minimum atomic E-state index is -0.478. The van der Waals surface area contributed by atoms with Crippen molar-refractivity contribution < 1.29 is 4.42 Å². The van der Waals surface area contributed by atoms with Crippen molar-refractivity contribution in [1.82, 2.24) is 9.97 Å². The summed E-state index contributed by atoms with van der Waals surface area (Å²) >= 11 is 0. The number of aromatic nitrogens is 2. The second-order valence-corrected chi connectivity index (χ2v) is 4.76. The van der Waals surface area contributed by atoms with Crippen LogP contribution in [0.4, 0.5) is 5.69 Å². The summed E-state index contributed by atoms with van der Waals surface area (Å²) in [4.78, 5) is 21.4. The fourth-order valence-electron chi connectivity index (χ4n) is 1.97. The molecule has 0 bridgehead atoms. The summed E-state index contributed by atoms with van der Waals surface area (Å²) in [6.45, 7) is 0. The van der Waals surface area contributed by atoms with Crippen LogP contribution < -0.4 is 16.5 Å². The Balaban J connectivity index is 1.97. The van der Waals surface area contributed by atoms with Gasteiger partial charge in [-0.2, -0.15) is 0 Å². The zero-order chi connectivity index (χ0) is 16.8. The van der Waals surface area contributed by atoms with Gasteiger partial charge in [0, 0.05) is 23.0 Å². The molecule has 3 rings (SSSR count). The van der Waals surface area contributed by atoms with E-state index >= 15 is 0 Å². The second-order valence-electron chi connectivity index (χ2n) is 4.76. The number of rotatable bonds is 3. The summed E-state index contributed by atoms with van der Waals surface area (Å²) in [6.07, 6.45) is 6.61. The van der Waals surface area contributed by atoms with Crippen LogP contribution in [0.25, 0.3) is 28.3 Å². The summed E-state index contributed by atoms with van der Waals surface area (Å²) < 4.78 is 5.10. The summed E-state index contributed by atoms with van der Waals surface area (Å²) in [5.41, 5.74) is 13.1. The lowest BCUT2D eigenvalue weighted by Gasteiger charge is -1.91. The monoisotopic (exact) mass is 317 g/mol. The van der Waals surface area contributed by atoms with E-state index in [2.05, 4.69) is 25.7 Å². The summed E-state index contributed by atoms with van der Waals surface area (Å²) in [6, 6.07) is 10.5. The highest BCUT2D eigenvalue weighted by Gasteiger charge is 1.95. The molecule has 1 N–H and O–H groups in total. The van der Waals surface area contributed by atoms with E-state index in [-0.39, 0.29) is 5.55 Å². The third kappa shape index (κ3) is 3.69. The Morgan fingerprint density at radius 2 is 2.08 bits per heavy atom. The number of hydrogen-bond donors (Lipinski definition) is 1. The van der Waals surface area contributed by atoms with Gasteiger partial charge in [0.05, 0.1) is 0 Å². The van der Waals surface area contributed by atoms with E-state index in [1.807, 2.05) is 6.07 Å². The zero-order valence-corrected chi connectivity index (χ0v) is 12.4. The van der Waals surface area contributed by atoms with Crippen LogP contribution in [0, 0.1) is 0 Å². The van der Waals surface area contributed by atoms with Crippen LogP contribution in [0.1, 0.15) is 11.1 Å². The molecule has 116 valence electrons. The number of aromatic amines is 1. The molecule has 7 heteroatoms. The molecule has 1 aromatic carbocycles. The molecular formula is C17H11N5O2. The number of nitrogens with zero attached hydrogens (tertiary/aromatic N) is 4. The molecule has 0 spiro atoms. The fraction of sp³-hybridized carbons (Fsp3) is 0. The molecule has 7 nitrogen and oxygen atoms in total. The highest BCUT2D eigenvalue weighted by molar-refractivity contribution is 5.59. The smallest absolute Gasteiger partial charge is 0.362 e. The van der Waals surface area contributed by atoms with E-state index in [0.717, 1.165) is 11.1 Å². The van der Waals surface area contributed by atoms with Crippen molar-refractivity contribution >= 4 is 23.6 Å². The SMILES string of the molecule is [N-]=[N+]=Nc1ccc(C=C=c2[nH]c(=Cc3cccnc3)c(=O)o2)cc1. The number of pyridine rings is 1. The van der Waals surface area contributed by atoms with Gasteiger partial charge in [-0.1, -0.05) is 41.2 Å². The molecule has 0 unspecified atom stereocenters. The Kier molecular flexibility index (Phi) is 4.40. The van der Waals surface area contributed by atoms with Crippen LogP contribution in [-0.4, -0.2) is 9.97 Å². The molecule has 2 heterocycles. The number of oxazole rings is 1. The first-order chi connectivity index (χ1) is 11.7. The Labute approximate surface area is 135 Å². The standard InChI is InChI=1S/C17H11N5O2/c18-22-21-14-6-3-12(4-7-14)5-8-16-20-15(17(23)24-16)10-13-2-1-9-19-11-13/h1-7,9-11,20H. The van der Waals surface area contributed by atoms with E-state index in [4.69, 9.17) is 9.95 Å². The van der Waals surface area contributed by atoms with Gasteiger partial charge in [0.25, 0.3) is 0 Å². The van der Waals surface area contributed by atoms with Crippen LogP contribution >= 0.6 is 0 Å². The van der Waals surface area contributed by atoms with Crippen molar-refractivity contribution in [2.45, 2.75) is 0 Å². The van der Waals surface area contributed by atoms with Gasteiger partial charge in [-0.3, -0.25) is 4.98 Å². The van der Waals surface area contributed by atoms with E-state index in [1.54, 1.807) is 54.9 Å². The Hall–Kier alpha value is -3.79. The quantitative estimate of drug-likeness (QED) is 0.454. The van der Waals surface area contributed by atoms with E-state index in [9.17, 15) is 4.79 Å². The predicted molar refractivity (Wildman–Crippen MR) is 89.5 cm³/mol.